The molecule has 0 amide bonds. The fraction of sp³-hybridized carbons (Fsp3) is 0.375. The van der Waals surface area contributed by atoms with Gasteiger partial charge in [0, 0.05) is 11.8 Å². The van der Waals surface area contributed by atoms with Gasteiger partial charge in [-0.1, -0.05) is 6.92 Å². The van der Waals surface area contributed by atoms with E-state index < -0.39 is 26.2 Å². The number of nitrogens with zero attached hydrogens (tertiary/aromatic N) is 3. The monoisotopic (exact) mass is 327 g/mol. The van der Waals surface area contributed by atoms with Gasteiger partial charge < -0.3 is 0 Å². The molecule has 0 saturated heterocycles. The van der Waals surface area contributed by atoms with Crippen LogP contribution in [-0.4, -0.2) is 28.6 Å². The van der Waals surface area contributed by atoms with Crippen LogP contribution >= 0.6 is 11.3 Å². The van der Waals surface area contributed by atoms with Crippen LogP contribution in [-0.2, 0) is 22.6 Å². The van der Waals surface area contributed by atoms with E-state index in [4.69, 9.17) is 0 Å². The smallest absolute Gasteiger partial charge is 0.261 e. The maximum atomic E-state index is 12.4. The minimum absolute atomic E-state index is 0.200. The number of hydrogen-bond donors (Lipinski definition) is 2. The first-order valence-electron chi connectivity index (χ1n) is 5.19. The lowest BCUT2D eigenvalue weighted by Crippen LogP contribution is -2.15. The lowest BCUT2D eigenvalue weighted by molar-refractivity contribution is -0.137. The molecule has 20 heavy (non-hydrogen) atoms. The van der Waals surface area contributed by atoms with Crippen molar-refractivity contribution in [2.24, 2.45) is 0 Å². The predicted octanol–water partition coefficient (Wildman–Crippen LogP) is 1.64. The van der Waals surface area contributed by atoms with Crippen LogP contribution in [0.15, 0.2) is 10.4 Å². The first kappa shape index (κ1) is 14.7. The number of thiazole rings is 1. The SMILES string of the molecule is CCc1nc(NS(=O)(=O)c2csc(C(F)(F)F)n2)n[nH]1. The summed E-state index contributed by atoms with van der Waals surface area (Å²) < 4.78 is 62.7. The Morgan fingerprint density at radius 3 is 2.60 bits per heavy atom. The molecule has 2 heterocycles. The van der Waals surface area contributed by atoms with Gasteiger partial charge in [0.15, 0.2) is 10.0 Å². The van der Waals surface area contributed by atoms with Crippen molar-refractivity contribution in [3.63, 3.8) is 0 Å². The Kier molecular flexibility index (Phi) is 3.69. The van der Waals surface area contributed by atoms with E-state index >= 15 is 0 Å². The minimum atomic E-state index is -4.68. The first-order valence-corrected chi connectivity index (χ1v) is 7.55. The van der Waals surface area contributed by atoms with Crippen molar-refractivity contribution in [1.29, 1.82) is 0 Å². The molecule has 7 nitrogen and oxygen atoms in total. The lowest BCUT2D eigenvalue weighted by Gasteiger charge is -2.01. The number of rotatable bonds is 4. The van der Waals surface area contributed by atoms with Crippen LogP contribution in [0.4, 0.5) is 19.1 Å². The van der Waals surface area contributed by atoms with Crippen LogP contribution in [0.1, 0.15) is 17.8 Å². The summed E-state index contributed by atoms with van der Waals surface area (Å²) in [6, 6.07) is 0. The molecule has 0 spiro atoms. The van der Waals surface area contributed by atoms with Gasteiger partial charge in [0.05, 0.1) is 0 Å². The molecule has 0 aromatic carbocycles. The molecule has 2 N–H and O–H groups in total. The molecule has 0 radical (unpaired) electrons. The maximum absolute atomic E-state index is 12.4. The van der Waals surface area contributed by atoms with E-state index in [9.17, 15) is 21.6 Å². The molecule has 2 aromatic heterocycles. The number of halogens is 3. The van der Waals surface area contributed by atoms with E-state index in [1.165, 1.54) is 0 Å². The highest BCUT2D eigenvalue weighted by atomic mass is 32.2. The zero-order valence-electron chi connectivity index (χ0n) is 9.89. The van der Waals surface area contributed by atoms with E-state index in [2.05, 4.69) is 20.2 Å². The van der Waals surface area contributed by atoms with Crippen LogP contribution in [0.3, 0.4) is 0 Å². The van der Waals surface area contributed by atoms with Gasteiger partial charge >= 0.3 is 6.18 Å². The topological polar surface area (TPSA) is 101 Å². The van der Waals surface area contributed by atoms with E-state index in [-0.39, 0.29) is 17.3 Å². The Morgan fingerprint density at radius 1 is 1.40 bits per heavy atom. The molecule has 0 aliphatic rings. The van der Waals surface area contributed by atoms with Crippen molar-refractivity contribution < 1.29 is 21.6 Å². The molecule has 0 aliphatic heterocycles. The summed E-state index contributed by atoms with van der Waals surface area (Å²) in [7, 11) is -4.24. The van der Waals surface area contributed by atoms with E-state index in [0.717, 1.165) is 5.38 Å². The molecular formula is C8H8F3N5O2S2. The minimum Gasteiger partial charge on any atom is -0.261 e. The van der Waals surface area contributed by atoms with Gasteiger partial charge in [-0.05, 0) is 0 Å². The quantitative estimate of drug-likeness (QED) is 0.889. The van der Waals surface area contributed by atoms with Crippen molar-refractivity contribution in [2.45, 2.75) is 24.5 Å². The number of anilines is 1. The highest BCUT2D eigenvalue weighted by molar-refractivity contribution is 7.92. The van der Waals surface area contributed by atoms with Gasteiger partial charge in [-0.15, -0.1) is 16.4 Å². The van der Waals surface area contributed by atoms with Crippen LogP contribution in [0, 0.1) is 0 Å². The fourth-order valence-corrected chi connectivity index (χ4v) is 3.09. The van der Waals surface area contributed by atoms with Crippen LogP contribution in [0.25, 0.3) is 0 Å². The zero-order valence-corrected chi connectivity index (χ0v) is 11.5. The molecule has 12 heteroatoms. The van der Waals surface area contributed by atoms with Crippen molar-refractivity contribution >= 4 is 27.3 Å². The van der Waals surface area contributed by atoms with Crippen molar-refractivity contribution in [1.82, 2.24) is 20.2 Å². The molecule has 0 saturated carbocycles. The molecule has 2 rings (SSSR count). The number of nitrogens with one attached hydrogen (secondary N) is 2. The molecule has 0 fully saturated rings. The molecular weight excluding hydrogens is 319 g/mol. The second-order valence-corrected chi connectivity index (χ2v) is 6.04. The molecule has 0 bridgehead atoms. The molecule has 0 atom stereocenters. The molecule has 0 unspecified atom stereocenters. The van der Waals surface area contributed by atoms with Crippen LogP contribution in [0.5, 0.6) is 0 Å². The largest absolute Gasteiger partial charge is 0.443 e. The third-order valence-corrected chi connectivity index (χ3v) is 4.34. The average molecular weight is 327 g/mol. The van der Waals surface area contributed by atoms with E-state index in [1.54, 1.807) is 6.92 Å². The third kappa shape index (κ3) is 3.07. The predicted molar refractivity (Wildman–Crippen MR) is 63.7 cm³/mol. The zero-order chi connectivity index (χ0) is 15.0. The summed E-state index contributed by atoms with van der Waals surface area (Å²) >= 11 is 0.200. The summed E-state index contributed by atoms with van der Waals surface area (Å²) in [4.78, 5) is 6.85. The Balaban J connectivity index is 2.24. The molecule has 0 aliphatic carbocycles. The lowest BCUT2D eigenvalue weighted by atomic mass is 10.5. The standard InChI is InChI=1S/C8H8F3N5O2S2/c1-2-4-12-7(15-14-4)16-20(17,18)5-3-19-6(13-5)8(9,10)11/h3H,2H2,1H3,(H2,12,14,15,16). The fourth-order valence-electron chi connectivity index (χ4n) is 1.18. The number of hydrogen-bond acceptors (Lipinski definition) is 6. The summed E-state index contributed by atoms with van der Waals surface area (Å²) in [6.45, 7) is 1.77. The summed E-state index contributed by atoms with van der Waals surface area (Å²) in [5, 5.41) is 4.90. The van der Waals surface area contributed by atoms with E-state index in [1.807, 2.05) is 4.72 Å². The van der Waals surface area contributed by atoms with E-state index in [0.29, 0.717) is 12.2 Å². The normalized spacial score (nSPS) is 12.6. The van der Waals surface area contributed by atoms with Crippen LogP contribution in [0.2, 0.25) is 0 Å². The van der Waals surface area contributed by atoms with Gasteiger partial charge in [-0.25, -0.2) is 9.71 Å². The number of aromatic nitrogens is 4. The van der Waals surface area contributed by atoms with Crippen molar-refractivity contribution in [3.8, 4) is 0 Å². The highest BCUT2D eigenvalue weighted by Crippen LogP contribution is 2.32. The second kappa shape index (κ2) is 5.01. The number of H-pyrrole nitrogens is 1. The van der Waals surface area contributed by atoms with Gasteiger partial charge in [-0.2, -0.15) is 26.6 Å². The van der Waals surface area contributed by atoms with Crippen molar-refractivity contribution in [3.05, 3.63) is 16.2 Å². The Morgan fingerprint density at radius 2 is 2.10 bits per heavy atom. The number of aryl methyl sites for hydroxylation is 1. The Hall–Kier alpha value is -1.69. The summed E-state index contributed by atoms with van der Waals surface area (Å²) in [6.07, 6.45) is -4.18. The maximum Gasteiger partial charge on any atom is 0.443 e. The first-order chi connectivity index (χ1) is 9.22. The average Bonchev–Trinajstić information content (AvgIpc) is 2.95. The highest BCUT2D eigenvalue weighted by Gasteiger charge is 2.36. The van der Waals surface area contributed by atoms with Crippen LogP contribution < -0.4 is 4.72 Å². The van der Waals surface area contributed by atoms with Gasteiger partial charge in [0.25, 0.3) is 16.0 Å². The molecule has 2 aromatic rings. The second-order valence-electron chi connectivity index (χ2n) is 3.55. The Bertz CT molecular complexity index is 706. The van der Waals surface area contributed by atoms with Gasteiger partial charge in [0.1, 0.15) is 5.82 Å². The Labute approximate surface area is 115 Å². The summed E-state index contributed by atoms with van der Waals surface area (Å²) in [5.41, 5.74) is 0. The summed E-state index contributed by atoms with van der Waals surface area (Å²) in [5.74, 6) is 0.195. The number of aromatic amines is 1. The third-order valence-electron chi connectivity index (χ3n) is 2.09. The number of alkyl halides is 3. The van der Waals surface area contributed by atoms with Gasteiger partial charge in [-0.3, -0.25) is 5.10 Å². The van der Waals surface area contributed by atoms with Gasteiger partial charge in [0.2, 0.25) is 0 Å². The molecule has 110 valence electrons. The number of sulfonamides is 1. The van der Waals surface area contributed by atoms with Crippen molar-refractivity contribution in [2.75, 3.05) is 4.72 Å².